The monoisotopic (exact) mass is 452 g/mol. The molecule has 4 nitrogen and oxygen atoms in total. The minimum absolute atomic E-state index is 0.0512. The first kappa shape index (κ1) is 23.6. The molecule has 2 rings (SSSR count). The topological polar surface area (TPSA) is 49.4 Å². The summed E-state index contributed by atoms with van der Waals surface area (Å²) >= 11 is 13.5. The van der Waals surface area contributed by atoms with Crippen molar-refractivity contribution < 1.29 is 9.59 Å². The standard InChI is InChI=1S/C22H26Cl2N2O2S/c1-3-25-22(28)16(2)26(12-11-17-7-5-4-6-8-17)21(27)15-29-14-18-9-10-19(23)20(24)13-18/h4-10,13,16H,3,11-12,14-15H2,1-2H3,(H,25,28)/t16-/m0/s1. The molecular formula is C22H26Cl2N2O2S. The van der Waals surface area contributed by atoms with Crippen LogP contribution in [0.15, 0.2) is 48.5 Å². The number of rotatable bonds is 10. The molecule has 29 heavy (non-hydrogen) atoms. The van der Waals surface area contributed by atoms with Gasteiger partial charge in [0, 0.05) is 18.8 Å². The Labute approximate surface area is 187 Å². The lowest BCUT2D eigenvalue weighted by Gasteiger charge is -2.28. The van der Waals surface area contributed by atoms with Crippen LogP contribution < -0.4 is 5.32 Å². The van der Waals surface area contributed by atoms with Crippen molar-refractivity contribution in [3.8, 4) is 0 Å². The van der Waals surface area contributed by atoms with Crippen LogP contribution in [-0.4, -0.2) is 41.6 Å². The third kappa shape index (κ3) is 7.57. The molecule has 2 amide bonds. The highest BCUT2D eigenvalue weighted by Crippen LogP contribution is 2.24. The minimum atomic E-state index is -0.517. The van der Waals surface area contributed by atoms with E-state index in [0.717, 1.165) is 11.1 Å². The molecule has 7 heteroatoms. The van der Waals surface area contributed by atoms with E-state index in [9.17, 15) is 9.59 Å². The first-order valence-electron chi connectivity index (χ1n) is 9.55. The van der Waals surface area contributed by atoms with Crippen molar-refractivity contribution in [2.75, 3.05) is 18.8 Å². The van der Waals surface area contributed by atoms with E-state index in [0.29, 0.717) is 41.1 Å². The van der Waals surface area contributed by atoms with E-state index < -0.39 is 6.04 Å². The van der Waals surface area contributed by atoms with Crippen molar-refractivity contribution in [3.05, 3.63) is 69.7 Å². The van der Waals surface area contributed by atoms with Crippen LogP contribution in [0, 0.1) is 0 Å². The summed E-state index contributed by atoms with van der Waals surface area (Å²) in [6, 6.07) is 14.9. The summed E-state index contributed by atoms with van der Waals surface area (Å²) in [5, 5.41) is 3.82. The number of carbonyl (C=O) groups is 2. The molecule has 0 bridgehead atoms. The number of thioether (sulfide) groups is 1. The minimum Gasteiger partial charge on any atom is -0.355 e. The second-order valence-corrected chi connectivity index (χ2v) is 8.43. The zero-order valence-electron chi connectivity index (χ0n) is 16.7. The van der Waals surface area contributed by atoms with Gasteiger partial charge in [-0.3, -0.25) is 9.59 Å². The molecule has 0 heterocycles. The molecule has 0 spiro atoms. The molecular weight excluding hydrogens is 427 g/mol. The number of carbonyl (C=O) groups excluding carboxylic acids is 2. The van der Waals surface area contributed by atoms with E-state index in [1.807, 2.05) is 49.4 Å². The average molecular weight is 453 g/mol. The predicted molar refractivity (Wildman–Crippen MR) is 123 cm³/mol. The van der Waals surface area contributed by atoms with Gasteiger partial charge in [-0.2, -0.15) is 0 Å². The fourth-order valence-electron chi connectivity index (χ4n) is 2.86. The first-order chi connectivity index (χ1) is 13.9. The Bertz CT molecular complexity index is 818. The number of benzene rings is 2. The lowest BCUT2D eigenvalue weighted by atomic mass is 10.1. The summed E-state index contributed by atoms with van der Waals surface area (Å²) in [5.74, 6) is 0.747. The molecule has 1 atom stereocenters. The molecule has 0 aromatic heterocycles. The summed E-state index contributed by atoms with van der Waals surface area (Å²) in [6.45, 7) is 4.68. The smallest absolute Gasteiger partial charge is 0.242 e. The van der Waals surface area contributed by atoms with Crippen molar-refractivity contribution in [1.29, 1.82) is 0 Å². The van der Waals surface area contributed by atoms with Gasteiger partial charge in [-0.25, -0.2) is 0 Å². The fraction of sp³-hybridized carbons (Fsp3) is 0.364. The van der Waals surface area contributed by atoms with Crippen LogP contribution in [0.3, 0.4) is 0 Å². The second kappa shape index (κ2) is 12.1. The third-order valence-corrected chi connectivity index (χ3v) is 6.21. The van der Waals surface area contributed by atoms with Gasteiger partial charge < -0.3 is 10.2 Å². The maximum Gasteiger partial charge on any atom is 0.242 e. The van der Waals surface area contributed by atoms with Crippen LogP contribution in [0.1, 0.15) is 25.0 Å². The van der Waals surface area contributed by atoms with Crippen LogP contribution in [0.2, 0.25) is 10.0 Å². The summed E-state index contributed by atoms with van der Waals surface area (Å²) in [6.07, 6.45) is 0.702. The van der Waals surface area contributed by atoms with E-state index in [2.05, 4.69) is 5.32 Å². The predicted octanol–water partition coefficient (Wildman–Crippen LogP) is 4.82. The highest BCUT2D eigenvalue weighted by molar-refractivity contribution is 7.99. The number of hydrogen-bond donors (Lipinski definition) is 1. The third-order valence-electron chi connectivity index (χ3n) is 4.48. The van der Waals surface area contributed by atoms with Gasteiger partial charge in [0.25, 0.3) is 0 Å². The van der Waals surface area contributed by atoms with E-state index in [-0.39, 0.29) is 11.8 Å². The number of nitrogens with one attached hydrogen (secondary N) is 1. The molecule has 0 unspecified atom stereocenters. The second-order valence-electron chi connectivity index (χ2n) is 6.63. The molecule has 0 fully saturated rings. The summed E-state index contributed by atoms with van der Waals surface area (Å²) in [4.78, 5) is 26.9. The van der Waals surface area contributed by atoms with Gasteiger partial charge in [-0.1, -0.05) is 59.6 Å². The van der Waals surface area contributed by atoms with Crippen molar-refractivity contribution in [2.45, 2.75) is 32.1 Å². The van der Waals surface area contributed by atoms with Gasteiger partial charge in [-0.15, -0.1) is 11.8 Å². The molecule has 0 saturated heterocycles. The first-order valence-corrected chi connectivity index (χ1v) is 11.5. The van der Waals surface area contributed by atoms with Crippen LogP contribution in [0.4, 0.5) is 0 Å². The van der Waals surface area contributed by atoms with Crippen molar-refractivity contribution in [3.63, 3.8) is 0 Å². The SMILES string of the molecule is CCNC(=O)[C@H](C)N(CCc1ccccc1)C(=O)CSCc1ccc(Cl)c(Cl)c1. The van der Waals surface area contributed by atoms with Crippen molar-refractivity contribution >= 4 is 46.8 Å². The molecule has 0 radical (unpaired) electrons. The number of halogens is 2. The van der Waals surface area contributed by atoms with Gasteiger partial charge in [0.05, 0.1) is 15.8 Å². The zero-order chi connectivity index (χ0) is 21.2. The van der Waals surface area contributed by atoms with E-state index >= 15 is 0 Å². The highest BCUT2D eigenvalue weighted by Gasteiger charge is 2.25. The quantitative estimate of drug-likeness (QED) is 0.561. The van der Waals surface area contributed by atoms with Gasteiger partial charge in [0.15, 0.2) is 0 Å². The van der Waals surface area contributed by atoms with Crippen LogP contribution in [0.5, 0.6) is 0 Å². The molecule has 2 aromatic carbocycles. The zero-order valence-corrected chi connectivity index (χ0v) is 19.0. The van der Waals surface area contributed by atoms with E-state index in [1.54, 1.807) is 17.9 Å². The van der Waals surface area contributed by atoms with Gasteiger partial charge >= 0.3 is 0 Å². The average Bonchev–Trinajstić information content (AvgIpc) is 2.71. The Morgan fingerprint density at radius 1 is 1.07 bits per heavy atom. The molecule has 0 saturated carbocycles. The summed E-state index contributed by atoms with van der Waals surface area (Å²) < 4.78 is 0. The van der Waals surface area contributed by atoms with Crippen LogP contribution >= 0.6 is 35.0 Å². The maximum absolute atomic E-state index is 12.9. The van der Waals surface area contributed by atoms with Gasteiger partial charge in [0.2, 0.25) is 11.8 Å². The Balaban J connectivity index is 1.98. The maximum atomic E-state index is 12.9. The normalized spacial score (nSPS) is 11.7. The Morgan fingerprint density at radius 2 is 1.79 bits per heavy atom. The lowest BCUT2D eigenvalue weighted by molar-refractivity contribution is -0.137. The molecule has 0 aliphatic heterocycles. The molecule has 1 N–H and O–H groups in total. The molecule has 0 aliphatic carbocycles. The number of likely N-dealkylation sites (N-methyl/N-ethyl adjacent to an activating group) is 1. The molecule has 156 valence electrons. The number of hydrogen-bond acceptors (Lipinski definition) is 3. The van der Waals surface area contributed by atoms with E-state index in [1.165, 1.54) is 11.8 Å². The number of amides is 2. The fourth-order valence-corrected chi connectivity index (χ4v) is 4.04. The van der Waals surface area contributed by atoms with Crippen molar-refractivity contribution in [1.82, 2.24) is 10.2 Å². The number of nitrogens with zero attached hydrogens (tertiary/aromatic N) is 1. The van der Waals surface area contributed by atoms with Crippen molar-refractivity contribution in [2.24, 2.45) is 0 Å². The summed E-state index contributed by atoms with van der Waals surface area (Å²) in [7, 11) is 0. The van der Waals surface area contributed by atoms with Gasteiger partial charge in [-0.05, 0) is 43.5 Å². The van der Waals surface area contributed by atoms with Gasteiger partial charge in [0.1, 0.15) is 6.04 Å². The van der Waals surface area contributed by atoms with Crippen LogP contribution in [-0.2, 0) is 21.8 Å². The van der Waals surface area contributed by atoms with E-state index in [4.69, 9.17) is 23.2 Å². The lowest BCUT2D eigenvalue weighted by Crippen LogP contribution is -2.49. The Hall–Kier alpha value is -1.69. The Morgan fingerprint density at radius 3 is 2.45 bits per heavy atom. The van der Waals surface area contributed by atoms with Crippen LogP contribution in [0.25, 0.3) is 0 Å². The molecule has 2 aromatic rings. The molecule has 0 aliphatic rings. The Kier molecular flexibility index (Phi) is 9.85. The largest absolute Gasteiger partial charge is 0.355 e. The highest BCUT2D eigenvalue weighted by atomic mass is 35.5. The summed E-state index contributed by atoms with van der Waals surface area (Å²) in [5.41, 5.74) is 2.14.